The van der Waals surface area contributed by atoms with Crippen LogP contribution in [0.15, 0.2) is 34.9 Å². The lowest BCUT2D eigenvalue weighted by Crippen LogP contribution is -2.09. The Balaban J connectivity index is 2.23. The number of hydrogen-bond acceptors (Lipinski definition) is 3. The predicted molar refractivity (Wildman–Crippen MR) is 61.5 cm³/mol. The van der Waals surface area contributed by atoms with Crippen LogP contribution in [-0.4, -0.2) is 16.7 Å². The van der Waals surface area contributed by atoms with Crippen LogP contribution in [-0.2, 0) is 19.0 Å². The van der Waals surface area contributed by atoms with Gasteiger partial charge in [0, 0.05) is 19.4 Å². The van der Waals surface area contributed by atoms with Crippen LogP contribution in [0.5, 0.6) is 0 Å². The van der Waals surface area contributed by atoms with Gasteiger partial charge in [-0.15, -0.1) is 0 Å². The maximum Gasteiger partial charge on any atom is 0.416 e. The van der Waals surface area contributed by atoms with E-state index in [1.54, 1.807) is 6.07 Å². The van der Waals surface area contributed by atoms with Gasteiger partial charge >= 0.3 is 6.18 Å². The highest BCUT2D eigenvalue weighted by Crippen LogP contribution is 2.32. The van der Waals surface area contributed by atoms with E-state index < -0.39 is 11.7 Å². The van der Waals surface area contributed by atoms with Gasteiger partial charge in [0.2, 0.25) is 0 Å². The summed E-state index contributed by atoms with van der Waals surface area (Å²) in [4.78, 5) is 4.02. The van der Waals surface area contributed by atoms with E-state index >= 15 is 0 Å². The van der Waals surface area contributed by atoms with E-state index in [0.717, 1.165) is 6.07 Å². The summed E-state index contributed by atoms with van der Waals surface area (Å²) in [6.07, 6.45) is -2.75. The van der Waals surface area contributed by atoms with E-state index in [2.05, 4.69) is 4.98 Å². The summed E-state index contributed by atoms with van der Waals surface area (Å²) < 4.78 is 43.5. The lowest BCUT2D eigenvalue weighted by Gasteiger charge is -2.10. The average molecular weight is 271 g/mol. The Kier molecular flexibility index (Phi) is 3.90. The molecule has 1 aromatic heterocycles. The van der Waals surface area contributed by atoms with E-state index in [0.29, 0.717) is 12.1 Å². The lowest BCUT2D eigenvalue weighted by molar-refractivity contribution is -0.138. The second-order valence-corrected chi connectivity index (χ2v) is 4.04. The number of aliphatic hydroxyl groups excluding tert-OH is 1. The smallest absolute Gasteiger partial charge is 0.416 e. The third kappa shape index (κ3) is 3.35. The Hall–Kier alpha value is -1.82. The number of hydrogen-bond donors (Lipinski definition) is 1. The third-order valence-corrected chi connectivity index (χ3v) is 2.63. The number of rotatable bonds is 4. The summed E-state index contributed by atoms with van der Waals surface area (Å²) in [5.41, 5.74) is -0.0358. The van der Waals surface area contributed by atoms with Crippen LogP contribution in [0.1, 0.15) is 22.7 Å². The molecule has 3 nitrogen and oxygen atoms in total. The molecule has 6 heteroatoms. The van der Waals surface area contributed by atoms with Crippen LogP contribution in [0.2, 0.25) is 0 Å². The number of halogens is 3. The van der Waals surface area contributed by atoms with Crippen molar-refractivity contribution < 1.29 is 22.7 Å². The molecular weight excluding hydrogens is 259 g/mol. The highest BCUT2D eigenvalue weighted by atomic mass is 19.4. The topological polar surface area (TPSA) is 46.3 Å². The van der Waals surface area contributed by atoms with E-state index in [1.807, 2.05) is 0 Å². The van der Waals surface area contributed by atoms with Gasteiger partial charge in [0.25, 0.3) is 0 Å². The zero-order chi connectivity index (χ0) is 13.9. The van der Waals surface area contributed by atoms with Crippen LogP contribution >= 0.6 is 0 Å². The summed E-state index contributed by atoms with van der Waals surface area (Å²) >= 11 is 0. The highest BCUT2D eigenvalue weighted by Gasteiger charge is 2.33. The van der Waals surface area contributed by atoms with Gasteiger partial charge in [-0.1, -0.05) is 18.2 Å². The summed E-state index contributed by atoms with van der Waals surface area (Å²) in [5, 5.41) is 8.74. The second kappa shape index (κ2) is 5.44. The molecule has 0 spiro atoms. The molecule has 1 N–H and O–H groups in total. The minimum Gasteiger partial charge on any atom is -0.448 e. The van der Waals surface area contributed by atoms with Gasteiger partial charge in [-0.25, -0.2) is 4.98 Å². The van der Waals surface area contributed by atoms with Gasteiger partial charge in [0.1, 0.15) is 6.26 Å². The van der Waals surface area contributed by atoms with Crippen LogP contribution in [0, 0.1) is 0 Å². The second-order valence-electron chi connectivity index (χ2n) is 4.04. The first-order valence-electron chi connectivity index (χ1n) is 5.70. The molecule has 0 unspecified atom stereocenters. The van der Waals surface area contributed by atoms with Gasteiger partial charge in [-0.2, -0.15) is 13.2 Å². The van der Waals surface area contributed by atoms with E-state index in [-0.39, 0.29) is 24.5 Å². The minimum absolute atomic E-state index is 0.0267. The monoisotopic (exact) mass is 271 g/mol. The van der Waals surface area contributed by atoms with Gasteiger partial charge < -0.3 is 9.52 Å². The van der Waals surface area contributed by atoms with Gasteiger partial charge in [-0.05, 0) is 11.6 Å². The number of oxazole rings is 1. The molecular formula is C13H12F3NO2. The van der Waals surface area contributed by atoms with Crippen LogP contribution < -0.4 is 0 Å². The van der Waals surface area contributed by atoms with Crippen LogP contribution in [0.25, 0.3) is 0 Å². The summed E-state index contributed by atoms with van der Waals surface area (Å²) in [6, 6.07) is 5.33. The predicted octanol–water partition coefficient (Wildman–Crippen LogP) is 2.82. The molecule has 1 aromatic carbocycles. The van der Waals surface area contributed by atoms with Crippen LogP contribution in [0.4, 0.5) is 13.2 Å². The molecule has 19 heavy (non-hydrogen) atoms. The fourth-order valence-electron chi connectivity index (χ4n) is 1.77. The lowest BCUT2D eigenvalue weighted by atomic mass is 10.0. The Labute approximate surface area is 107 Å². The number of benzene rings is 1. The molecule has 2 aromatic rings. The van der Waals surface area contributed by atoms with Crippen molar-refractivity contribution in [2.24, 2.45) is 0 Å². The van der Waals surface area contributed by atoms with Crippen molar-refractivity contribution in [3.05, 3.63) is 53.2 Å². The molecule has 1 heterocycles. The van der Waals surface area contributed by atoms with E-state index in [9.17, 15) is 13.2 Å². The standard InChI is InChI=1S/C13H12F3NO2/c14-13(15,16)11-4-2-1-3-9(11)7-12-17-10(5-6-18)8-19-12/h1-4,8,18H,5-7H2. The Morgan fingerprint density at radius 3 is 2.63 bits per heavy atom. The van der Waals surface area contributed by atoms with Crippen molar-refractivity contribution >= 4 is 0 Å². The first-order chi connectivity index (χ1) is 9.00. The van der Waals surface area contributed by atoms with Crippen molar-refractivity contribution in [1.29, 1.82) is 0 Å². The van der Waals surface area contributed by atoms with Gasteiger partial charge in [0.05, 0.1) is 11.3 Å². The molecule has 102 valence electrons. The van der Waals surface area contributed by atoms with E-state index in [1.165, 1.54) is 18.4 Å². The maximum absolute atomic E-state index is 12.8. The summed E-state index contributed by atoms with van der Waals surface area (Å²) in [5.74, 6) is 0.208. The van der Waals surface area contributed by atoms with Gasteiger partial charge in [0.15, 0.2) is 5.89 Å². The first-order valence-corrected chi connectivity index (χ1v) is 5.70. The maximum atomic E-state index is 12.8. The molecule has 0 atom stereocenters. The number of alkyl halides is 3. The van der Waals surface area contributed by atoms with Crippen molar-refractivity contribution in [3.63, 3.8) is 0 Å². The zero-order valence-corrected chi connectivity index (χ0v) is 9.94. The molecule has 0 radical (unpaired) electrons. The molecule has 0 bridgehead atoms. The largest absolute Gasteiger partial charge is 0.448 e. The highest BCUT2D eigenvalue weighted by molar-refractivity contribution is 5.31. The van der Waals surface area contributed by atoms with Crippen LogP contribution in [0.3, 0.4) is 0 Å². The Bertz CT molecular complexity index is 549. The molecule has 0 aliphatic heterocycles. The number of aliphatic hydroxyl groups is 1. The van der Waals surface area contributed by atoms with Gasteiger partial charge in [-0.3, -0.25) is 0 Å². The van der Waals surface area contributed by atoms with Crippen molar-refractivity contribution in [1.82, 2.24) is 4.98 Å². The quantitative estimate of drug-likeness (QED) is 0.930. The molecule has 0 saturated heterocycles. The summed E-state index contributed by atoms with van der Waals surface area (Å²) in [6.45, 7) is -0.0783. The zero-order valence-electron chi connectivity index (χ0n) is 9.94. The molecule has 0 fully saturated rings. The molecule has 0 saturated carbocycles. The molecule has 0 aliphatic rings. The Morgan fingerprint density at radius 1 is 1.21 bits per heavy atom. The Morgan fingerprint density at radius 2 is 1.95 bits per heavy atom. The van der Waals surface area contributed by atoms with Crippen molar-refractivity contribution in [3.8, 4) is 0 Å². The third-order valence-electron chi connectivity index (χ3n) is 2.63. The van der Waals surface area contributed by atoms with E-state index in [4.69, 9.17) is 9.52 Å². The molecule has 0 aliphatic carbocycles. The SMILES string of the molecule is OCCc1coc(Cc2ccccc2C(F)(F)F)n1. The minimum atomic E-state index is -4.39. The fourth-order valence-corrected chi connectivity index (χ4v) is 1.77. The first kappa shape index (κ1) is 13.6. The number of nitrogens with zero attached hydrogens (tertiary/aromatic N) is 1. The summed E-state index contributed by atoms with van der Waals surface area (Å²) in [7, 11) is 0. The van der Waals surface area contributed by atoms with Crippen molar-refractivity contribution in [2.45, 2.75) is 19.0 Å². The number of aromatic nitrogens is 1. The van der Waals surface area contributed by atoms with Crippen molar-refractivity contribution in [2.75, 3.05) is 6.61 Å². The normalized spacial score (nSPS) is 11.8. The molecule has 0 amide bonds. The molecule has 2 rings (SSSR count). The average Bonchev–Trinajstić information content (AvgIpc) is 2.76. The fraction of sp³-hybridized carbons (Fsp3) is 0.308.